The van der Waals surface area contributed by atoms with Crippen molar-refractivity contribution in [3.05, 3.63) is 27.7 Å². The van der Waals surface area contributed by atoms with Crippen LogP contribution in [0.5, 0.6) is 5.75 Å². The van der Waals surface area contributed by atoms with E-state index in [1.807, 2.05) is 0 Å². The number of esters is 1. The van der Waals surface area contributed by atoms with Gasteiger partial charge in [0, 0.05) is 12.8 Å². The fraction of sp³-hybridized carbons (Fsp3) is 0.588. The predicted octanol–water partition coefficient (Wildman–Crippen LogP) is 3.45. The van der Waals surface area contributed by atoms with Gasteiger partial charge in [0.15, 0.2) is 11.5 Å². The Labute approximate surface area is 156 Å². The Morgan fingerprint density at radius 3 is 2.68 bits per heavy atom. The molecule has 140 valence electrons. The Bertz CT molecular complexity index is 614. The summed E-state index contributed by atoms with van der Waals surface area (Å²) in [6.45, 7) is 3.86. The SMILES string of the molecule is COc1c(Cl)ccc(Cl)c1C(=O)OC1CCOC1CCOC(C)(C)O. The van der Waals surface area contributed by atoms with E-state index in [1.165, 1.54) is 13.2 Å². The summed E-state index contributed by atoms with van der Waals surface area (Å²) in [5.41, 5.74) is 0.0926. The lowest BCUT2D eigenvalue weighted by Crippen LogP contribution is -2.31. The lowest BCUT2D eigenvalue weighted by atomic mass is 10.1. The van der Waals surface area contributed by atoms with E-state index in [-0.39, 0.29) is 34.1 Å². The monoisotopic (exact) mass is 392 g/mol. The smallest absolute Gasteiger partial charge is 0.343 e. The van der Waals surface area contributed by atoms with Crippen LogP contribution in [0.15, 0.2) is 12.1 Å². The topological polar surface area (TPSA) is 74.2 Å². The number of halogens is 2. The highest BCUT2D eigenvalue weighted by molar-refractivity contribution is 6.37. The van der Waals surface area contributed by atoms with Crippen LogP contribution in [0, 0.1) is 0 Å². The molecule has 1 aliphatic heterocycles. The van der Waals surface area contributed by atoms with Crippen molar-refractivity contribution in [2.45, 2.75) is 44.7 Å². The van der Waals surface area contributed by atoms with E-state index in [4.69, 9.17) is 42.1 Å². The molecule has 1 fully saturated rings. The molecule has 0 amide bonds. The van der Waals surface area contributed by atoms with Crippen LogP contribution in [-0.2, 0) is 14.2 Å². The molecule has 2 rings (SSSR count). The molecule has 1 aromatic carbocycles. The first kappa shape index (κ1) is 20.3. The molecule has 0 saturated carbocycles. The zero-order chi connectivity index (χ0) is 18.6. The zero-order valence-electron chi connectivity index (χ0n) is 14.4. The van der Waals surface area contributed by atoms with Gasteiger partial charge in [-0.25, -0.2) is 4.79 Å². The highest BCUT2D eigenvalue weighted by Gasteiger charge is 2.33. The number of ether oxygens (including phenoxy) is 4. The van der Waals surface area contributed by atoms with Crippen LogP contribution in [0.4, 0.5) is 0 Å². The Kier molecular flexibility index (Phi) is 6.93. The quantitative estimate of drug-likeness (QED) is 0.565. The zero-order valence-corrected chi connectivity index (χ0v) is 15.9. The van der Waals surface area contributed by atoms with E-state index in [0.29, 0.717) is 19.4 Å². The molecule has 0 aliphatic carbocycles. The van der Waals surface area contributed by atoms with Crippen molar-refractivity contribution in [1.29, 1.82) is 0 Å². The van der Waals surface area contributed by atoms with Gasteiger partial charge in [0.05, 0.1) is 36.5 Å². The first-order valence-corrected chi connectivity index (χ1v) is 8.69. The van der Waals surface area contributed by atoms with E-state index < -0.39 is 17.9 Å². The molecule has 1 heterocycles. The summed E-state index contributed by atoms with van der Waals surface area (Å²) in [5, 5.41) is 10.1. The largest absolute Gasteiger partial charge is 0.494 e. The molecule has 1 saturated heterocycles. The number of carbonyl (C=O) groups is 1. The maximum atomic E-state index is 12.6. The molecule has 0 radical (unpaired) electrons. The molecule has 1 aliphatic rings. The van der Waals surface area contributed by atoms with Crippen LogP contribution in [-0.4, -0.2) is 49.4 Å². The average molecular weight is 393 g/mol. The summed E-state index contributed by atoms with van der Waals surface area (Å²) in [4.78, 5) is 12.6. The molecule has 2 unspecified atom stereocenters. The Balaban J connectivity index is 2.03. The van der Waals surface area contributed by atoms with Crippen molar-refractivity contribution < 1.29 is 28.8 Å². The van der Waals surface area contributed by atoms with Gasteiger partial charge < -0.3 is 24.1 Å². The fourth-order valence-corrected chi connectivity index (χ4v) is 3.04. The standard InChI is InChI=1S/C17H22Cl2O6/c1-17(2,21)24-9-7-12-13(6-8-23-12)25-16(20)14-10(18)4-5-11(19)15(14)22-3/h4-5,12-13,21H,6-9H2,1-3H3. The molecular formula is C17H22Cl2O6. The second-order valence-corrected chi connectivity index (χ2v) is 6.98. The van der Waals surface area contributed by atoms with Crippen molar-refractivity contribution in [3.63, 3.8) is 0 Å². The number of methoxy groups -OCH3 is 1. The van der Waals surface area contributed by atoms with Crippen LogP contribution >= 0.6 is 23.2 Å². The second kappa shape index (κ2) is 8.56. The molecule has 25 heavy (non-hydrogen) atoms. The van der Waals surface area contributed by atoms with E-state index in [1.54, 1.807) is 19.9 Å². The number of aliphatic hydroxyl groups is 1. The third-order valence-electron chi connectivity index (χ3n) is 3.73. The lowest BCUT2D eigenvalue weighted by molar-refractivity contribution is -0.180. The number of carbonyl (C=O) groups excluding carboxylic acids is 1. The minimum atomic E-state index is -1.22. The van der Waals surface area contributed by atoms with E-state index in [2.05, 4.69) is 0 Å². The highest BCUT2D eigenvalue weighted by Crippen LogP contribution is 2.35. The van der Waals surface area contributed by atoms with Gasteiger partial charge in [0.2, 0.25) is 0 Å². The lowest BCUT2D eigenvalue weighted by Gasteiger charge is -2.22. The van der Waals surface area contributed by atoms with Crippen LogP contribution in [0.2, 0.25) is 10.0 Å². The minimum absolute atomic E-state index is 0.0926. The van der Waals surface area contributed by atoms with Gasteiger partial charge in [-0.15, -0.1) is 0 Å². The maximum Gasteiger partial charge on any atom is 0.343 e. The molecule has 2 atom stereocenters. The normalized spacial score (nSPS) is 20.6. The summed E-state index contributed by atoms with van der Waals surface area (Å²) < 4.78 is 21.6. The summed E-state index contributed by atoms with van der Waals surface area (Å²) in [6.07, 6.45) is 0.315. The van der Waals surface area contributed by atoms with Crippen LogP contribution < -0.4 is 4.74 Å². The Morgan fingerprint density at radius 1 is 1.36 bits per heavy atom. The van der Waals surface area contributed by atoms with E-state index in [9.17, 15) is 9.90 Å². The molecule has 1 N–H and O–H groups in total. The first-order chi connectivity index (χ1) is 11.7. The summed E-state index contributed by atoms with van der Waals surface area (Å²) in [6, 6.07) is 3.07. The number of rotatable bonds is 7. The van der Waals surface area contributed by atoms with Crippen molar-refractivity contribution in [2.24, 2.45) is 0 Å². The van der Waals surface area contributed by atoms with Crippen LogP contribution in [0.1, 0.15) is 37.0 Å². The highest BCUT2D eigenvalue weighted by atomic mass is 35.5. The summed E-state index contributed by atoms with van der Waals surface area (Å²) in [7, 11) is 1.41. The summed E-state index contributed by atoms with van der Waals surface area (Å²) >= 11 is 12.2. The van der Waals surface area contributed by atoms with Gasteiger partial charge in [-0.05, 0) is 26.0 Å². The Hall–Kier alpha value is -1.05. The fourth-order valence-electron chi connectivity index (χ4n) is 2.58. The molecule has 8 heteroatoms. The van der Waals surface area contributed by atoms with E-state index >= 15 is 0 Å². The van der Waals surface area contributed by atoms with Crippen LogP contribution in [0.25, 0.3) is 0 Å². The molecule has 0 aromatic heterocycles. The number of hydrogen-bond donors (Lipinski definition) is 1. The van der Waals surface area contributed by atoms with Crippen molar-refractivity contribution in [2.75, 3.05) is 20.3 Å². The Morgan fingerprint density at radius 2 is 2.04 bits per heavy atom. The van der Waals surface area contributed by atoms with Crippen LogP contribution in [0.3, 0.4) is 0 Å². The average Bonchev–Trinajstić information content (AvgIpc) is 2.95. The minimum Gasteiger partial charge on any atom is -0.494 e. The van der Waals surface area contributed by atoms with Crippen molar-refractivity contribution >= 4 is 29.2 Å². The third-order valence-corrected chi connectivity index (χ3v) is 4.34. The third kappa shape index (κ3) is 5.46. The van der Waals surface area contributed by atoms with Gasteiger partial charge in [-0.3, -0.25) is 0 Å². The molecule has 6 nitrogen and oxygen atoms in total. The van der Waals surface area contributed by atoms with Gasteiger partial charge in [-0.1, -0.05) is 23.2 Å². The number of benzene rings is 1. The maximum absolute atomic E-state index is 12.6. The number of hydrogen-bond acceptors (Lipinski definition) is 6. The van der Waals surface area contributed by atoms with Crippen molar-refractivity contribution in [3.8, 4) is 5.75 Å². The van der Waals surface area contributed by atoms with Gasteiger partial charge >= 0.3 is 5.97 Å². The van der Waals surface area contributed by atoms with Crippen molar-refractivity contribution in [1.82, 2.24) is 0 Å². The summed E-state index contributed by atoms with van der Waals surface area (Å²) in [5.74, 6) is -1.65. The second-order valence-electron chi connectivity index (χ2n) is 6.16. The molecule has 0 bridgehead atoms. The molecular weight excluding hydrogens is 371 g/mol. The van der Waals surface area contributed by atoms with E-state index in [0.717, 1.165) is 0 Å². The van der Waals surface area contributed by atoms with Gasteiger partial charge in [0.25, 0.3) is 0 Å². The first-order valence-electron chi connectivity index (χ1n) is 7.94. The van der Waals surface area contributed by atoms with Gasteiger partial charge in [-0.2, -0.15) is 0 Å². The predicted molar refractivity (Wildman–Crippen MR) is 93.4 cm³/mol. The van der Waals surface area contributed by atoms with Gasteiger partial charge in [0.1, 0.15) is 11.7 Å². The molecule has 0 spiro atoms. The molecule has 1 aromatic rings.